The van der Waals surface area contributed by atoms with Gasteiger partial charge in [-0.2, -0.15) is 5.10 Å². The van der Waals surface area contributed by atoms with Gasteiger partial charge in [-0.15, -0.1) is 0 Å². The van der Waals surface area contributed by atoms with E-state index < -0.39 is 0 Å². The van der Waals surface area contributed by atoms with Gasteiger partial charge in [0.2, 0.25) is 0 Å². The van der Waals surface area contributed by atoms with Crippen molar-refractivity contribution in [3.63, 3.8) is 0 Å². The quantitative estimate of drug-likeness (QED) is 0.895. The van der Waals surface area contributed by atoms with Crippen molar-refractivity contribution in [2.75, 3.05) is 12.4 Å². The number of hydrogen-bond acceptors (Lipinski definition) is 3. The maximum absolute atomic E-state index is 11.7. The fraction of sp³-hybridized carbons (Fsp3) is 0.333. The molecule has 0 aliphatic rings. The maximum atomic E-state index is 11.7. The lowest BCUT2D eigenvalue weighted by molar-refractivity contribution is 0.0963. The summed E-state index contributed by atoms with van der Waals surface area (Å²) in [5.41, 5.74) is 4.90. The molecule has 0 radical (unpaired) electrons. The Balaban J connectivity index is 2.16. The number of carbonyl (C=O) groups is 1. The molecule has 0 spiro atoms. The van der Waals surface area contributed by atoms with E-state index in [4.69, 9.17) is 0 Å². The highest BCUT2D eigenvalue weighted by atomic mass is 16.1. The van der Waals surface area contributed by atoms with Crippen LogP contribution in [0.1, 0.15) is 27.2 Å². The summed E-state index contributed by atoms with van der Waals surface area (Å²) in [6.07, 6.45) is 2.00. The lowest BCUT2D eigenvalue weighted by atomic mass is 10.1. The second-order valence-corrected chi connectivity index (χ2v) is 4.88. The molecule has 2 N–H and O–H groups in total. The Hall–Kier alpha value is -2.30. The van der Waals surface area contributed by atoms with Crippen molar-refractivity contribution in [3.8, 4) is 0 Å². The third-order valence-electron chi connectivity index (χ3n) is 3.31. The van der Waals surface area contributed by atoms with Gasteiger partial charge >= 0.3 is 0 Å². The Bertz CT molecular complexity index is 631. The minimum atomic E-state index is -0.0781. The fourth-order valence-electron chi connectivity index (χ4n) is 2.11. The third-order valence-corrected chi connectivity index (χ3v) is 3.31. The van der Waals surface area contributed by atoms with E-state index in [0.29, 0.717) is 12.1 Å². The van der Waals surface area contributed by atoms with E-state index >= 15 is 0 Å². The summed E-state index contributed by atoms with van der Waals surface area (Å²) in [5.74, 6) is -0.0781. The van der Waals surface area contributed by atoms with Crippen LogP contribution >= 0.6 is 0 Å². The molecule has 2 rings (SSSR count). The number of amides is 1. The van der Waals surface area contributed by atoms with Gasteiger partial charge in [0.15, 0.2) is 0 Å². The summed E-state index contributed by atoms with van der Waals surface area (Å²) in [6.45, 7) is 4.70. The standard InChI is InChI=1S/C15H20N4O/c1-10-5-6-12(15(20)16-3)7-14(10)17-8-13-9-19(4)18-11(13)2/h5-7,9,17H,8H2,1-4H3,(H,16,20). The summed E-state index contributed by atoms with van der Waals surface area (Å²) in [5, 5.41) is 10.3. The van der Waals surface area contributed by atoms with Gasteiger partial charge in [-0.1, -0.05) is 6.07 Å². The van der Waals surface area contributed by atoms with E-state index in [2.05, 4.69) is 15.7 Å². The molecule has 5 nitrogen and oxygen atoms in total. The van der Waals surface area contributed by atoms with Gasteiger partial charge in [-0.05, 0) is 31.5 Å². The SMILES string of the molecule is CNC(=O)c1ccc(C)c(NCc2cn(C)nc2C)c1. The van der Waals surface area contributed by atoms with E-state index in [0.717, 1.165) is 22.5 Å². The van der Waals surface area contributed by atoms with Crippen LogP contribution in [0.25, 0.3) is 0 Å². The van der Waals surface area contributed by atoms with Crippen LogP contribution in [0.3, 0.4) is 0 Å². The van der Waals surface area contributed by atoms with E-state index in [1.165, 1.54) is 0 Å². The summed E-state index contributed by atoms with van der Waals surface area (Å²) >= 11 is 0. The summed E-state index contributed by atoms with van der Waals surface area (Å²) in [4.78, 5) is 11.7. The first-order valence-corrected chi connectivity index (χ1v) is 6.57. The van der Waals surface area contributed by atoms with Gasteiger partial charge in [0.25, 0.3) is 5.91 Å². The van der Waals surface area contributed by atoms with Gasteiger partial charge < -0.3 is 10.6 Å². The number of nitrogens with one attached hydrogen (secondary N) is 2. The van der Waals surface area contributed by atoms with Crippen LogP contribution in [0.5, 0.6) is 0 Å². The van der Waals surface area contributed by atoms with Crippen LogP contribution in [0.4, 0.5) is 5.69 Å². The fourth-order valence-corrected chi connectivity index (χ4v) is 2.11. The highest BCUT2D eigenvalue weighted by molar-refractivity contribution is 5.95. The normalized spacial score (nSPS) is 10.4. The van der Waals surface area contributed by atoms with Crippen molar-refractivity contribution >= 4 is 11.6 Å². The first kappa shape index (κ1) is 14.1. The molecule has 1 aromatic carbocycles. The summed E-state index contributed by atoms with van der Waals surface area (Å²) in [6, 6.07) is 5.65. The zero-order valence-corrected chi connectivity index (χ0v) is 12.3. The van der Waals surface area contributed by atoms with Crippen LogP contribution in [0.2, 0.25) is 0 Å². The van der Waals surface area contributed by atoms with Gasteiger partial charge in [-0.3, -0.25) is 9.48 Å². The number of nitrogens with zero attached hydrogens (tertiary/aromatic N) is 2. The molecule has 0 aliphatic heterocycles. The maximum Gasteiger partial charge on any atom is 0.251 e. The van der Waals surface area contributed by atoms with Crippen LogP contribution < -0.4 is 10.6 Å². The van der Waals surface area contributed by atoms with Crippen molar-refractivity contribution in [2.45, 2.75) is 20.4 Å². The van der Waals surface area contributed by atoms with Crippen LogP contribution in [0, 0.1) is 13.8 Å². The summed E-state index contributed by atoms with van der Waals surface area (Å²) in [7, 11) is 3.54. The predicted octanol–water partition coefficient (Wildman–Crippen LogP) is 2.01. The molecule has 0 bridgehead atoms. The van der Waals surface area contributed by atoms with Crippen molar-refractivity contribution in [2.24, 2.45) is 7.05 Å². The number of hydrogen-bond donors (Lipinski definition) is 2. The first-order chi connectivity index (χ1) is 9.51. The zero-order chi connectivity index (χ0) is 14.7. The minimum absolute atomic E-state index is 0.0781. The number of carbonyl (C=O) groups excluding carboxylic acids is 1. The zero-order valence-electron chi connectivity index (χ0n) is 12.3. The van der Waals surface area contributed by atoms with Crippen molar-refractivity contribution in [1.82, 2.24) is 15.1 Å². The molecule has 5 heteroatoms. The Morgan fingerprint density at radius 3 is 2.70 bits per heavy atom. The van der Waals surface area contributed by atoms with Crippen molar-refractivity contribution in [1.29, 1.82) is 0 Å². The van der Waals surface area contributed by atoms with E-state index in [9.17, 15) is 4.79 Å². The molecular weight excluding hydrogens is 252 g/mol. The van der Waals surface area contributed by atoms with E-state index in [1.54, 1.807) is 11.7 Å². The average molecular weight is 272 g/mol. The Kier molecular flexibility index (Phi) is 4.08. The lowest BCUT2D eigenvalue weighted by Gasteiger charge is -2.11. The molecule has 1 aromatic heterocycles. The number of aryl methyl sites for hydroxylation is 3. The van der Waals surface area contributed by atoms with Crippen molar-refractivity contribution in [3.05, 3.63) is 46.8 Å². The monoisotopic (exact) mass is 272 g/mol. The largest absolute Gasteiger partial charge is 0.381 e. The van der Waals surface area contributed by atoms with Gasteiger partial charge in [-0.25, -0.2) is 0 Å². The molecule has 0 saturated heterocycles. The highest BCUT2D eigenvalue weighted by Crippen LogP contribution is 2.18. The molecule has 0 saturated carbocycles. The lowest BCUT2D eigenvalue weighted by Crippen LogP contribution is -2.18. The predicted molar refractivity (Wildman–Crippen MR) is 79.8 cm³/mol. The molecular formula is C15H20N4O. The molecule has 0 fully saturated rings. The molecule has 1 amide bonds. The van der Waals surface area contributed by atoms with E-state index in [1.807, 2.05) is 45.3 Å². The molecule has 2 aromatic rings. The van der Waals surface area contributed by atoms with Crippen LogP contribution in [-0.4, -0.2) is 22.7 Å². The topological polar surface area (TPSA) is 59.0 Å². The van der Waals surface area contributed by atoms with Crippen LogP contribution in [-0.2, 0) is 13.6 Å². The van der Waals surface area contributed by atoms with Gasteiger partial charge in [0.05, 0.1) is 5.69 Å². The molecule has 1 heterocycles. The molecule has 106 valence electrons. The molecule has 20 heavy (non-hydrogen) atoms. The van der Waals surface area contributed by atoms with Crippen molar-refractivity contribution < 1.29 is 4.79 Å². The average Bonchev–Trinajstić information content (AvgIpc) is 2.75. The third kappa shape index (κ3) is 2.99. The highest BCUT2D eigenvalue weighted by Gasteiger charge is 2.07. The number of anilines is 1. The second-order valence-electron chi connectivity index (χ2n) is 4.88. The van der Waals surface area contributed by atoms with Crippen LogP contribution in [0.15, 0.2) is 24.4 Å². The van der Waals surface area contributed by atoms with Gasteiger partial charge in [0.1, 0.15) is 0 Å². The van der Waals surface area contributed by atoms with E-state index in [-0.39, 0.29) is 5.91 Å². The first-order valence-electron chi connectivity index (χ1n) is 6.57. The number of benzene rings is 1. The number of aromatic nitrogens is 2. The molecule has 0 aliphatic carbocycles. The second kappa shape index (κ2) is 5.77. The summed E-state index contributed by atoms with van der Waals surface area (Å²) < 4.78 is 1.81. The number of rotatable bonds is 4. The Labute approximate surface area is 119 Å². The smallest absolute Gasteiger partial charge is 0.251 e. The molecule has 0 atom stereocenters. The minimum Gasteiger partial charge on any atom is -0.381 e. The Morgan fingerprint density at radius 1 is 1.35 bits per heavy atom. The van der Waals surface area contributed by atoms with Gasteiger partial charge in [0, 0.05) is 43.7 Å². The Morgan fingerprint density at radius 2 is 2.10 bits per heavy atom. The molecule has 0 unspecified atom stereocenters.